The number of rotatable bonds is 24. The molecular weight excluding hydrogens is 1820 g/mol. The Morgan fingerprint density at radius 2 is 0.521 bits per heavy atom. The van der Waals surface area contributed by atoms with Gasteiger partial charge in [-0.1, -0.05) is 0 Å². The van der Waals surface area contributed by atoms with Crippen molar-refractivity contribution in [1.29, 1.82) is 0 Å². The standard InChI is InChI=1S/4C23H29FN8O3/c4*1-13-4-5-14(9-31(13)15-8-26-30(10-15)11-23(2,34)12-33)20-28-21-16-6-17(24)19(35-3)7-18(16)27-22(25)32(21)29-20/h4*6-8,10,13-14,33-34H,4-5,9,11-12H2,1-3H3,(H2,25,27)/t2*13-,14+,23+;2*13-,14+,23-/m1010/s1. The maximum absolute atomic E-state index is 14.4. The van der Waals surface area contributed by atoms with Crippen LogP contribution in [0.4, 0.5) is 64.1 Å². The first kappa shape index (κ1) is 97.6. The van der Waals surface area contributed by atoms with Gasteiger partial charge in [0.1, 0.15) is 22.4 Å². The third-order valence-corrected chi connectivity index (χ3v) is 26.5. The Kier molecular flexibility index (Phi) is 27.2. The van der Waals surface area contributed by atoms with Gasteiger partial charge < -0.3 is 102 Å². The summed E-state index contributed by atoms with van der Waals surface area (Å²) in [6, 6.07) is 12.5. The Labute approximate surface area is 798 Å². The van der Waals surface area contributed by atoms with E-state index in [0.717, 1.165) is 74.1 Å². The number of nitrogens with two attached hydrogens (primary N) is 4. The van der Waals surface area contributed by atoms with Crippen LogP contribution in [0.15, 0.2) is 98.1 Å². The van der Waals surface area contributed by atoms with Crippen LogP contribution in [0.3, 0.4) is 0 Å². The van der Waals surface area contributed by atoms with Gasteiger partial charge in [-0.25, -0.2) is 57.4 Å². The SMILES string of the molecule is COc1cc2nc(N)n3nc([C@@H]4CC[C@H](C)N(c5cnn(C[C@@](C)(O)CO)c5)C4)nc3c2cc1F.COc1cc2nc(N)n3nc([C@@H]4CC[C@H](C)N(c5cnn(C[C@](C)(O)CO)c5)C4)nc3c2cc1F.COc1cc2nc(N)n3nc([C@H]4CC[C@@H](C)N(c5cnn(C[C@@](C)(O)CO)c5)C4)nc3c2cc1F.COc1cc2nc(N)n3nc([C@H]4CC[C@@H](C)N(c5cnn(C[C@](C)(O)CO)c5)C4)nc3c2cc1F. The van der Waals surface area contributed by atoms with Crippen molar-refractivity contribution in [3.63, 3.8) is 0 Å². The molecule has 20 rings (SSSR count). The number of aliphatic hydroxyl groups excluding tert-OH is 4. The molecule has 4 aliphatic rings. The molecule has 0 radical (unpaired) electrons. The summed E-state index contributed by atoms with van der Waals surface area (Å²) in [7, 11) is 5.59. The molecule has 0 spiro atoms. The van der Waals surface area contributed by atoms with Crippen molar-refractivity contribution in [2.45, 2.75) is 203 Å². The summed E-state index contributed by atoms with van der Waals surface area (Å²) in [4.78, 5) is 45.4. The van der Waals surface area contributed by atoms with Crippen molar-refractivity contribution in [2.75, 3.05) is 124 Å². The average molecular weight is 1940 g/mol. The Bertz CT molecular complexity index is 6380. The summed E-state index contributed by atoms with van der Waals surface area (Å²) < 4.78 is 90.4. The van der Waals surface area contributed by atoms with Crippen molar-refractivity contribution in [3.8, 4) is 23.0 Å². The zero-order valence-electron chi connectivity index (χ0n) is 79.6. The molecule has 4 saturated heterocycles. The zero-order chi connectivity index (χ0) is 99.6. The van der Waals surface area contributed by atoms with E-state index < -0.39 is 45.7 Å². The van der Waals surface area contributed by atoms with Crippen LogP contribution in [0.1, 0.15) is 154 Å². The maximum Gasteiger partial charge on any atom is 0.223 e. The molecule has 0 bridgehead atoms. The van der Waals surface area contributed by atoms with Crippen LogP contribution >= 0.6 is 0 Å². The molecule has 44 nitrogen and oxygen atoms in total. The number of fused-ring (bicyclic) bond motifs is 12. The van der Waals surface area contributed by atoms with Gasteiger partial charge in [-0.3, -0.25) is 18.7 Å². The lowest BCUT2D eigenvalue weighted by Gasteiger charge is -2.37. The van der Waals surface area contributed by atoms with Crippen LogP contribution in [0.5, 0.6) is 23.0 Å². The van der Waals surface area contributed by atoms with E-state index in [1.165, 1.54) is 95.0 Å². The van der Waals surface area contributed by atoms with Gasteiger partial charge in [0.2, 0.25) is 23.8 Å². The maximum atomic E-state index is 14.4. The molecule has 12 aromatic heterocycles. The van der Waals surface area contributed by atoms with E-state index in [0.29, 0.717) is 116 Å². The van der Waals surface area contributed by atoms with E-state index in [1.807, 2.05) is 24.8 Å². The largest absolute Gasteiger partial charge is 0.494 e. The molecule has 16 N–H and O–H groups in total. The number of nitrogens with zero attached hydrogens (tertiary/aromatic N) is 28. The normalized spacial score (nSPS) is 20.5. The van der Waals surface area contributed by atoms with E-state index in [4.69, 9.17) is 61.8 Å². The van der Waals surface area contributed by atoms with Gasteiger partial charge in [0.15, 0.2) is 92.2 Å². The third kappa shape index (κ3) is 20.0. The van der Waals surface area contributed by atoms with Crippen LogP contribution in [-0.2, 0) is 26.2 Å². The third-order valence-electron chi connectivity index (χ3n) is 26.5. The highest BCUT2D eigenvalue weighted by Crippen LogP contribution is 2.42. The smallest absolute Gasteiger partial charge is 0.223 e. The number of benzene rings is 4. The minimum Gasteiger partial charge on any atom is -0.494 e. The minimum absolute atomic E-state index is 0.0209. The molecule has 48 heteroatoms. The molecule has 4 aromatic carbocycles. The average Bonchev–Trinajstić information content (AvgIpc) is 1.63. The highest BCUT2D eigenvalue weighted by molar-refractivity contribution is 5.96. The van der Waals surface area contributed by atoms with Crippen LogP contribution in [-0.4, -0.2) is 286 Å². The molecule has 4 fully saturated rings. The second-order valence-corrected chi connectivity index (χ2v) is 38.0. The van der Waals surface area contributed by atoms with E-state index in [9.17, 15) is 58.4 Å². The number of ether oxygens (including phenoxy) is 4. The molecule has 0 unspecified atom stereocenters. The summed E-state index contributed by atoms with van der Waals surface area (Å²) in [6.45, 7) is 16.8. The number of piperidine rings is 4. The number of hydrogen-bond donors (Lipinski definition) is 12. The molecular formula is C92H116F4N32O12. The second-order valence-electron chi connectivity index (χ2n) is 38.0. The Morgan fingerprint density at radius 1 is 0.321 bits per heavy atom. The fourth-order valence-electron chi connectivity index (χ4n) is 18.6. The monoisotopic (exact) mass is 1940 g/mol. The second kappa shape index (κ2) is 39.0. The molecule has 0 amide bonds. The quantitative estimate of drug-likeness (QED) is 0.0274. The number of aromatic nitrogens is 24. The molecule has 0 aliphatic carbocycles. The zero-order valence-corrected chi connectivity index (χ0v) is 79.6. The lowest BCUT2D eigenvalue weighted by Crippen LogP contribution is -2.41. The summed E-state index contributed by atoms with van der Waals surface area (Å²) >= 11 is 0. The fourth-order valence-corrected chi connectivity index (χ4v) is 18.6. The summed E-state index contributed by atoms with van der Waals surface area (Å²) in [5, 5.41) is 116. The first-order valence-corrected chi connectivity index (χ1v) is 46.0. The van der Waals surface area contributed by atoms with Crippen molar-refractivity contribution in [1.82, 2.24) is 117 Å². The predicted octanol–water partition coefficient (Wildman–Crippen LogP) is 6.88. The first-order chi connectivity index (χ1) is 66.7. The molecule has 0 saturated carbocycles. The van der Waals surface area contributed by atoms with Gasteiger partial charge in [-0.2, -0.15) is 38.5 Å². The van der Waals surface area contributed by atoms with Crippen molar-refractivity contribution >= 4 is 113 Å². The number of nitrogen functional groups attached to an aromatic ring is 4. The van der Waals surface area contributed by atoms with E-state index in [1.54, 1.807) is 71.2 Å². The first-order valence-electron chi connectivity index (χ1n) is 46.0. The Balaban J connectivity index is 0.000000129. The van der Waals surface area contributed by atoms with Crippen LogP contribution in [0, 0.1) is 23.3 Å². The van der Waals surface area contributed by atoms with Crippen molar-refractivity contribution < 1.29 is 77.4 Å². The van der Waals surface area contributed by atoms with Gasteiger partial charge >= 0.3 is 0 Å². The fraction of sp³-hybridized carbons (Fsp3) is 0.478. The van der Waals surface area contributed by atoms with Crippen LogP contribution in [0.25, 0.3) is 66.2 Å². The minimum atomic E-state index is -1.25. The number of hydrogen-bond acceptors (Lipinski definition) is 36. The van der Waals surface area contributed by atoms with E-state index in [2.05, 4.69) is 108 Å². The van der Waals surface area contributed by atoms with Crippen molar-refractivity contribution in [3.05, 3.63) is 145 Å². The van der Waals surface area contributed by atoms with Crippen LogP contribution in [0.2, 0.25) is 0 Å². The van der Waals surface area contributed by atoms with Gasteiger partial charge in [-0.05, 0) is 131 Å². The van der Waals surface area contributed by atoms with Gasteiger partial charge in [0, 0.05) is 145 Å². The Hall–Kier alpha value is -14.0. The molecule has 12 atom stereocenters. The molecule has 16 aromatic rings. The molecule has 4 aliphatic heterocycles. The lowest BCUT2D eigenvalue weighted by atomic mass is 9.92. The van der Waals surface area contributed by atoms with Gasteiger partial charge in [0.05, 0.1) is 151 Å². The lowest BCUT2D eigenvalue weighted by molar-refractivity contribution is -0.0147. The topological polar surface area (TPSA) is 559 Å². The molecule has 744 valence electrons. The number of aliphatic hydroxyl groups is 8. The van der Waals surface area contributed by atoms with Crippen LogP contribution < -0.4 is 61.5 Å². The van der Waals surface area contributed by atoms with E-state index >= 15 is 0 Å². The van der Waals surface area contributed by atoms with Gasteiger partial charge in [-0.15, -0.1) is 20.4 Å². The Morgan fingerprint density at radius 3 is 0.707 bits per heavy atom. The van der Waals surface area contributed by atoms with E-state index in [-0.39, 0.29) is 147 Å². The van der Waals surface area contributed by atoms with Crippen molar-refractivity contribution in [2.24, 2.45) is 0 Å². The summed E-state index contributed by atoms with van der Waals surface area (Å²) in [5.74, 6) is 1.55. The number of methoxy groups -OCH3 is 4. The highest BCUT2D eigenvalue weighted by Gasteiger charge is 2.38. The summed E-state index contributed by atoms with van der Waals surface area (Å²) in [6.07, 6.45) is 21.7. The van der Waals surface area contributed by atoms with Gasteiger partial charge in [0.25, 0.3) is 0 Å². The highest BCUT2D eigenvalue weighted by atomic mass is 19.1. The number of anilines is 8. The predicted molar refractivity (Wildman–Crippen MR) is 512 cm³/mol. The molecule has 16 heterocycles. The summed E-state index contributed by atoms with van der Waals surface area (Å²) in [5.41, 5.74) is 27.0. The molecule has 140 heavy (non-hydrogen) atoms. The number of halogens is 4.